The molecule has 1 aromatic carbocycles. The number of hydrogen-bond acceptors (Lipinski definition) is 4. The minimum Gasteiger partial charge on any atom is -0.398 e. The number of sulfonamides is 1. The van der Waals surface area contributed by atoms with E-state index < -0.39 is 10.0 Å². The topological polar surface area (TPSA) is 85.1 Å². The summed E-state index contributed by atoms with van der Waals surface area (Å²) in [6, 6.07) is 6.19. The van der Waals surface area contributed by atoms with Crippen molar-refractivity contribution < 1.29 is 8.42 Å². The number of rotatable bonds is 3. The maximum absolute atomic E-state index is 12.4. The van der Waals surface area contributed by atoms with Crippen LogP contribution in [0.1, 0.15) is 11.3 Å². The molecular formula is C13H14ClN3O2S. The van der Waals surface area contributed by atoms with Crippen LogP contribution in [-0.2, 0) is 10.0 Å². The van der Waals surface area contributed by atoms with Gasteiger partial charge in [-0.1, -0.05) is 11.6 Å². The number of benzene rings is 1. The fourth-order valence-corrected chi connectivity index (χ4v) is 3.45. The minimum atomic E-state index is -3.77. The molecular weight excluding hydrogens is 298 g/mol. The second-order valence-corrected chi connectivity index (χ2v) is 6.45. The van der Waals surface area contributed by atoms with Crippen molar-refractivity contribution in [3.05, 3.63) is 46.7 Å². The lowest BCUT2D eigenvalue weighted by atomic mass is 10.2. The number of anilines is 2. The maximum Gasteiger partial charge on any atom is 0.262 e. The summed E-state index contributed by atoms with van der Waals surface area (Å²) in [4.78, 5) is 4.10. The van der Waals surface area contributed by atoms with Crippen LogP contribution in [0.5, 0.6) is 0 Å². The fourth-order valence-electron chi connectivity index (χ4n) is 1.75. The van der Waals surface area contributed by atoms with E-state index in [1.165, 1.54) is 12.1 Å². The molecule has 0 radical (unpaired) electrons. The Hall–Kier alpha value is -1.79. The predicted octanol–water partition coefficient (Wildman–Crippen LogP) is 2.73. The van der Waals surface area contributed by atoms with Crippen molar-refractivity contribution in [2.75, 3.05) is 10.5 Å². The molecule has 7 heteroatoms. The van der Waals surface area contributed by atoms with Crippen LogP contribution in [0, 0.1) is 13.8 Å². The summed E-state index contributed by atoms with van der Waals surface area (Å²) in [6.07, 6.45) is 1.59. The Balaban J connectivity index is 2.49. The average molecular weight is 312 g/mol. The lowest BCUT2D eigenvalue weighted by Gasteiger charge is -2.13. The molecule has 0 bridgehead atoms. The smallest absolute Gasteiger partial charge is 0.262 e. The van der Waals surface area contributed by atoms with Crippen LogP contribution in [0.15, 0.2) is 35.4 Å². The molecule has 0 aliphatic rings. The van der Waals surface area contributed by atoms with Crippen molar-refractivity contribution in [3.8, 4) is 0 Å². The highest BCUT2D eigenvalue weighted by molar-refractivity contribution is 7.92. The molecule has 5 nitrogen and oxygen atoms in total. The number of pyridine rings is 1. The van der Waals surface area contributed by atoms with Crippen molar-refractivity contribution in [1.82, 2.24) is 4.98 Å². The third-order valence-corrected chi connectivity index (χ3v) is 4.62. The van der Waals surface area contributed by atoms with Crippen LogP contribution in [0.2, 0.25) is 5.02 Å². The number of aromatic nitrogens is 1. The van der Waals surface area contributed by atoms with E-state index in [1.807, 2.05) is 0 Å². The van der Waals surface area contributed by atoms with Gasteiger partial charge in [0.15, 0.2) is 0 Å². The highest BCUT2D eigenvalue weighted by Gasteiger charge is 2.20. The van der Waals surface area contributed by atoms with Crippen LogP contribution in [0.25, 0.3) is 0 Å². The molecule has 2 rings (SSSR count). The number of hydrogen-bond donors (Lipinski definition) is 2. The summed E-state index contributed by atoms with van der Waals surface area (Å²) < 4.78 is 27.3. The lowest BCUT2D eigenvalue weighted by Crippen LogP contribution is -2.16. The Morgan fingerprint density at radius 2 is 2.00 bits per heavy atom. The monoisotopic (exact) mass is 311 g/mol. The maximum atomic E-state index is 12.4. The van der Waals surface area contributed by atoms with Crippen molar-refractivity contribution in [2.45, 2.75) is 18.7 Å². The quantitative estimate of drug-likeness (QED) is 0.853. The van der Waals surface area contributed by atoms with Gasteiger partial charge in [-0.3, -0.25) is 9.71 Å². The molecule has 0 unspecified atom stereocenters. The molecule has 0 amide bonds. The molecule has 0 atom stereocenters. The molecule has 20 heavy (non-hydrogen) atoms. The van der Waals surface area contributed by atoms with E-state index in [9.17, 15) is 8.42 Å². The van der Waals surface area contributed by atoms with Crippen molar-refractivity contribution in [2.24, 2.45) is 0 Å². The van der Waals surface area contributed by atoms with Crippen LogP contribution in [0.3, 0.4) is 0 Å². The zero-order valence-electron chi connectivity index (χ0n) is 11.0. The van der Waals surface area contributed by atoms with Gasteiger partial charge in [-0.2, -0.15) is 0 Å². The highest BCUT2D eigenvalue weighted by Crippen LogP contribution is 2.27. The Bertz CT molecular complexity index is 760. The van der Waals surface area contributed by atoms with E-state index >= 15 is 0 Å². The zero-order valence-corrected chi connectivity index (χ0v) is 12.6. The molecule has 0 aliphatic heterocycles. The van der Waals surface area contributed by atoms with Crippen LogP contribution in [-0.4, -0.2) is 13.4 Å². The Morgan fingerprint density at radius 3 is 2.65 bits per heavy atom. The first-order valence-corrected chi connectivity index (χ1v) is 7.67. The highest BCUT2D eigenvalue weighted by atomic mass is 35.5. The van der Waals surface area contributed by atoms with E-state index in [2.05, 4.69) is 9.71 Å². The molecule has 3 N–H and O–H groups in total. The zero-order chi connectivity index (χ0) is 14.9. The molecule has 0 saturated carbocycles. The Morgan fingerprint density at radius 1 is 1.30 bits per heavy atom. The molecule has 1 aromatic heterocycles. The number of nitrogens with zero attached hydrogens (tertiary/aromatic N) is 1. The number of halogens is 1. The van der Waals surface area contributed by atoms with E-state index in [4.69, 9.17) is 17.3 Å². The second-order valence-electron chi connectivity index (χ2n) is 4.36. The minimum absolute atomic E-state index is 0.0609. The van der Waals surface area contributed by atoms with Crippen LogP contribution >= 0.6 is 11.6 Å². The Labute approximate surface area is 122 Å². The molecule has 0 aliphatic carbocycles. The number of nitrogens with one attached hydrogen (secondary N) is 1. The normalized spacial score (nSPS) is 11.3. The van der Waals surface area contributed by atoms with Gasteiger partial charge in [0.2, 0.25) is 0 Å². The molecule has 2 aromatic rings. The fraction of sp³-hybridized carbons (Fsp3) is 0.154. The van der Waals surface area contributed by atoms with Gasteiger partial charge in [-0.05, 0) is 43.7 Å². The first-order chi connectivity index (χ1) is 9.31. The average Bonchev–Trinajstić information content (AvgIpc) is 2.36. The lowest BCUT2D eigenvalue weighted by molar-refractivity contribution is 0.600. The summed E-state index contributed by atoms with van der Waals surface area (Å²) >= 11 is 5.88. The van der Waals surface area contributed by atoms with Gasteiger partial charge < -0.3 is 5.73 Å². The van der Waals surface area contributed by atoms with Gasteiger partial charge in [0.05, 0.1) is 16.3 Å². The largest absolute Gasteiger partial charge is 0.398 e. The van der Waals surface area contributed by atoms with Crippen molar-refractivity contribution in [3.63, 3.8) is 0 Å². The van der Waals surface area contributed by atoms with Gasteiger partial charge >= 0.3 is 0 Å². The molecule has 1 heterocycles. The predicted molar refractivity (Wildman–Crippen MR) is 80.4 cm³/mol. The summed E-state index contributed by atoms with van der Waals surface area (Å²) in [5.41, 5.74) is 7.56. The van der Waals surface area contributed by atoms with Gasteiger partial charge in [0.25, 0.3) is 10.0 Å². The standard InChI is InChI=1S/C13H14ClN3O2S/c1-8-11(15)6-10(14)7-13(8)20(18,19)17-12-4-3-5-16-9(12)2/h3-7,17H,15H2,1-2H3. The van der Waals surface area contributed by atoms with Gasteiger partial charge in [0.1, 0.15) is 0 Å². The first kappa shape index (κ1) is 14.6. The SMILES string of the molecule is Cc1ncccc1NS(=O)(=O)c1cc(Cl)cc(N)c1C. The summed E-state index contributed by atoms with van der Waals surface area (Å²) in [6.45, 7) is 3.35. The van der Waals surface area contributed by atoms with Gasteiger partial charge in [-0.15, -0.1) is 0 Å². The second kappa shape index (κ2) is 5.30. The number of aryl methyl sites for hydroxylation is 1. The number of nitrogen functional groups attached to an aromatic ring is 1. The third-order valence-electron chi connectivity index (χ3n) is 2.91. The van der Waals surface area contributed by atoms with E-state index in [-0.39, 0.29) is 9.92 Å². The molecule has 0 spiro atoms. The summed E-state index contributed by atoms with van der Waals surface area (Å²) in [5.74, 6) is 0. The van der Waals surface area contributed by atoms with E-state index in [0.717, 1.165) is 0 Å². The van der Waals surface area contributed by atoms with E-state index in [1.54, 1.807) is 32.2 Å². The van der Waals surface area contributed by atoms with Crippen molar-refractivity contribution in [1.29, 1.82) is 0 Å². The van der Waals surface area contributed by atoms with E-state index in [0.29, 0.717) is 22.6 Å². The first-order valence-electron chi connectivity index (χ1n) is 5.81. The summed E-state index contributed by atoms with van der Waals surface area (Å²) in [7, 11) is -3.77. The number of nitrogens with two attached hydrogens (primary N) is 1. The molecule has 0 saturated heterocycles. The van der Waals surface area contributed by atoms with Gasteiger partial charge in [0, 0.05) is 16.9 Å². The van der Waals surface area contributed by atoms with Crippen LogP contribution < -0.4 is 10.5 Å². The van der Waals surface area contributed by atoms with Crippen LogP contribution in [0.4, 0.5) is 11.4 Å². The molecule has 0 fully saturated rings. The molecule has 106 valence electrons. The third kappa shape index (κ3) is 2.86. The Kier molecular flexibility index (Phi) is 3.87. The van der Waals surface area contributed by atoms with Gasteiger partial charge in [-0.25, -0.2) is 8.42 Å². The summed E-state index contributed by atoms with van der Waals surface area (Å²) in [5, 5.41) is 0.274. The van der Waals surface area contributed by atoms with Crippen molar-refractivity contribution >= 4 is 33.0 Å².